The van der Waals surface area contributed by atoms with Gasteiger partial charge in [-0.15, -0.1) is 0 Å². The van der Waals surface area contributed by atoms with E-state index in [-0.39, 0.29) is 18.0 Å². The minimum Gasteiger partial charge on any atom is -0.496 e. The lowest BCUT2D eigenvalue weighted by Gasteiger charge is -2.58. The van der Waals surface area contributed by atoms with E-state index in [0.717, 1.165) is 63.2 Å². The monoisotopic (exact) mass is 534 g/mol. The lowest BCUT2D eigenvalue weighted by Crippen LogP contribution is -2.61. The Balaban J connectivity index is 1.13. The minimum absolute atomic E-state index is 0.124. The number of benzene rings is 1. The Morgan fingerprint density at radius 1 is 1.08 bits per heavy atom. The van der Waals surface area contributed by atoms with Crippen molar-refractivity contribution >= 4 is 23.4 Å². The molecule has 9 heteroatoms. The summed E-state index contributed by atoms with van der Waals surface area (Å²) in [7, 11) is 2.90. The quantitative estimate of drug-likeness (QED) is 0.545. The van der Waals surface area contributed by atoms with Gasteiger partial charge >= 0.3 is 5.97 Å². The average Bonchev–Trinajstić information content (AvgIpc) is 2.93. The molecule has 3 atom stereocenters. The van der Waals surface area contributed by atoms with Gasteiger partial charge in [0.1, 0.15) is 22.8 Å². The van der Waals surface area contributed by atoms with Gasteiger partial charge in [0, 0.05) is 37.4 Å². The molecule has 9 nitrogen and oxygen atoms in total. The van der Waals surface area contributed by atoms with E-state index in [2.05, 4.69) is 22.0 Å². The summed E-state index contributed by atoms with van der Waals surface area (Å²) in [6.45, 7) is 4.35. The molecule has 1 amide bonds. The highest BCUT2D eigenvalue weighted by Crippen LogP contribution is 2.55. The Bertz CT molecular complexity index is 1250. The molecule has 1 aromatic heterocycles. The lowest BCUT2D eigenvalue weighted by atomic mass is 9.52. The number of methoxy groups -OCH3 is 2. The third kappa shape index (κ3) is 4.81. The van der Waals surface area contributed by atoms with Gasteiger partial charge in [-0.05, 0) is 87.1 Å². The van der Waals surface area contributed by atoms with Crippen molar-refractivity contribution in [2.75, 3.05) is 43.7 Å². The molecular weight excluding hydrogens is 496 g/mol. The fraction of sp³-hybridized carbons (Fsp3) is 0.567. The van der Waals surface area contributed by atoms with Crippen molar-refractivity contribution in [2.45, 2.75) is 56.7 Å². The highest BCUT2D eigenvalue weighted by molar-refractivity contribution is 5.94. The number of carbonyl (C=O) groups is 2. The van der Waals surface area contributed by atoms with Crippen LogP contribution in [0.3, 0.4) is 0 Å². The van der Waals surface area contributed by atoms with Gasteiger partial charge in [-0.2, -0.15) is 0 Å². The number of piperazine rings is 1. The number of rotatable bonds is 6. The van der Waals surface area contributed by atoms with E-state index < -0.39 is 11.6 Å². The molecule has 2 heterocycles. The van der Waals surface area contributed by atoms with Crippen LogP contribution in [-0.4, -0.2) is 73.5 Å². The molecule has 4 saturated carbocycles. The van der Waals surface area contributed by atoms with Crippen molar-refractivity contribution in [3.05, 3.63) is 47.7 Å². The average molecular weight is 535 g/mol. The number of amides is 1. The highest BCUT2D eigenvalue weighted by atomic mass is 16.5. The van der Waals surface area contributed by atoms with Gasteiger partial charge in [0.05, 0.1) is 19.8 Å². The first kappa shape index (κ1) is 25.9. The fourth-order valence-corrected chi connectivity index (χ4v) is 7.85. The number of hydrogen-bond donors (Lipinski definition) is 2. The number of ether oxygens (including phenoxy) is 2. The van der Waals surface area contributed by atoms with Crippen LogP contribution in [0.1, 0.15) is 59.9 Å². The molecule has 2 N–H and O–H groups in total. The summed E-state index contributed by atoms with van der Waals surface area (Å²) in [5.41, 5.74) is 1.26. The zero-order valence-corrected chi connectivity index (χ0v) is 22.9. The van der Waals surface area contributed by atoms with Crippen LogP contribution in [0.25, 0.3) is 0 Å². The number of esters is 1. The molecule has 2 aromatic rings. The summed E-state index contributed by atoms with van der Waals surface area (Å²) in [4.78, 5) is 34.8. The van der Waals surface area contributed by atoms with E-state index in [0.29, 0.717) is 34.8 Å². The molecule has 1 aromatic carbocycles. The first-order valence-electron chi connectivity index (χ1n) is 14.0. The second-order valence-corrected chi connectivity index (χ2v) is 11.9. The fourth-order valence-electron chi connectivity index (χ4n) is 7.85. The van der Waals surface area contributed by atoms with E-state index in [1.54, 1.807) is 12.1 Å². The lowest BCUT2D eigenvalue weighted by molar-refractivity contribution is -0.136. The Morgan fingerprint density at radius 2 is 1.85 bits per heavy atom. The van der Waals surface area contributed by atoms with Crippen molar-refractivity contribution in [3.8, 4) is 5.75 Å². The van der Waals surface area contributed by atoms with Crippen molar-refractivity contribution in [1.82, 2.24) is 10.3 Å². The number of aliphatic hydroxyl groups is 1. The van der Waals surface area contributed by atoms with Crippen LogP contribution in [0, 0.1) is 17.8 Å². The number of nitrogens with zero attached hydrogens (tertiary/aromatic N) is 3. The maximum absolute atomic E-state index is 13.3. The predicted octanol–water partition coefficient (Wildman–Crippen LogP) is 3.26. The smallest absolute Gasteiger partial charge is 0.341 e. The SMILES string of the molecule is COC(=O)c1cc(N2CCN(c3cccc(C(=O)NC4C5CC6CC4CC(O)(C6)C5)n3)[C@H](C)C2)ccc1OC. The summed E-state index contributed by atoms with van der Waals surface area (Å²) in [6.07, 6.45) is 4.74. The molecule has 7 rings (SSSR count). The van der Waals surface area contributed by atoms with Crippen LogP contribution >= 0.6 is 0 Å². The zero-order chi connectivity index (χ0) is 27.3. The Morgan fingerprint density at radius 3 is 2.51 bits per heavy atom. The summed E-state index contributed by atoms with van der Waals surface area (Å²) in [6, 6.07) is 11.5. The van der Waals surface area contributed by atoms with E-state index in [1.165, 1.54) is 14.2 Å². The number of aromatic nitrogens is 1. The third-order valence-electron chi connectivity index (χ3n) is 9.38. The number of carbonyl (C=O) groups excluding carboxylic acids is 2. The minimum atomic E-state index is -0.513. The van der Waals surface area contributed by atoms with E-state index in [9.17, 15) is 14.7 Å². The van der Waals surface area contributed by atoms with Gasteiger partial charge < -0.3 is 29.7 Å². The predicted molar refractivity (Wildman–Crippen MR) is 147 cm³/mol. The standard InChI is InChI=1S/C30H38N4O5/c1-18-17-33(22-7-8-25(38-2)23(13-22)29(36)39-3)9-10-34(18)26-6-4-5-24(31-26)28(35)32-27-20-11-19-12-21(27)16-30(37,14-19)15-20/h4-8,13,18-21,27,37H,9-12,14-17H2,1-3H3,(H,32,35)/t18-,19?,20?,21?,27?,30?/m1/s1. The van der Waals surface area contributed by atoms with Gasteiger partial charge in [-0.25, -0.2) is 9.78 Å². The molecule has 5 aliphatic rings. The van der Waals surface area contributed by atoms with Crippen molar-refractivity contribution in [1.29, 1.82) is 0 Å². The molecule has 2 unspecified atom stereocenters. The van der Waals surface area contributed by atoms with Crippen molar-refractivity contribution in [3.63, 3.8) is 0 Å². The van der Waals surface area contributed by atoms with Gasteiger partial charge in [0.15, 0.2) is 0 Å². The van der Waals surface area contributed by atoms with Gasteiger partial charge in [0.2, 0.25) is 0 Å². The normalized spacial score (nSPS) is 31.2. The van der Waals surface area contributed by atoms with Crippen LogP contribution < -0.4 is 19.9 Å². The van der Waals surface area contributed by atoms with Gasteiger partial charge in [0.25, 0.3) is 5.91 Å². The van der Waals surface area contributed by atoms with Crippen molar-refractivity contribution in [2.24, 2.45) is 17.8 Å². The van der Waals surface area contributed by atoms with Crippen LogP contribution in [0.2, 0.25) is 0 Å². The highest BCUT2D eigenvalue weighted by Gasteiger charge is 2.55. The van der Waals surface area contributed by atoms with E-state index in [4.69, 9.17) is 14.5 Å². The zero-order valence-electron chi connectivity index (χ0n) is 22.9. The summed E-state index contributed by atoms with van der Waals surface area (Å²) in [5.74, 6) is 2.05. The first-order chi connectivity index (χ1) is 18.8. The summed E-state index contributed by atoms with van der Waals surface area (Å²) >= 11 is 0. The number of nitrogens with one attached hydrogen (secondary N) is 1. The number of pyridine rings is 1. The molecule has 1 saturated heterocycles. The summed E-state index contributed by atoms with van der Waals surface area (Å²) < 4.78 is 10.3. The van der Waals surface area contributed by atoms with Crippen molar-refractivity contribution < 1.29 is 24.2 Å². The maximum Gasteiger partial charge on any atom is 0.341 e. The van der Waals surface area contributed by atoms with Gasteiger partial charge in [-0.3, -0.25) is 4.79 Å². The second kappa shape index (κ2) is 10.0. The maximum atomic E-state index is 13.3. The largest absolute Gasteiger partial charge is 0.496 e. The molecule has 208 valence electrons. The molecule has 4 bridgehead atoms. The first-order valence-corrected chi connectivity index (χ1v) is 14.0. The number of anilines is 2. The third-order valence-corrected chi connectivity index (χ3v) is 9.38. The van der Waals surface area contributed by atoms with Crippen LogP contribution in [0.5, 0.6) is 5.75 Å². The summed E-state index contributed by atoms with van der Waals surface area (Å²) in [5, 5.41) is 14.2. The second-order valence-electron chi connectivity index (χ2n) is 11.9. The van der Waals surface area contributed by atoms with Crippen LogP contribution in [0.4, 0.5) is 11.5 Å². The topological polar surface area (TPSA) is 104 Å². The van der Waals surface area contributed by atoms with Crippen LogP contribution in [-0.2, 0) is 4.74 Å². The Kier molecular flexibility index (Phi) is 6.65. The molecule has 5 fully saturated rings. The number of hydrogen-bond acceptors (Lipinski definition) is 8. The Labute approximate surface area is 229 Å². The Hall–Kier alpha value is -3.33. The van der Waals surface area contributed by atoms with Crippen LogP contribution in [0.15, 0.2) is 36.4 Å². The van der Waals surface area contributed by atoms with E-state index in [1.807, 2.05) is 24.3 Å². The molecule has 4 aliphatic carbocycles. The molecule has 39 heavy (non-hydrogen) atoms. The van der Waals surface area contributed by atoms with E-state index >= 15 is 0 Å². The molecule has 1 aliphatic heterocycles. The molecule has 0 radical (unpaired) electrons. The molecular formula is C30H38N4O5. The van der Waals surface area contributed by atoms with Gasteiger partial charge in [-0.1, -0.05) is 6.07 Å². The molecule has 0 spiro atoms.